The summed E-state index contributed by atoms with van der Waals surface area (Å²) >= 11 is 0. The van der Waals surface area contributed by atoms with Crippen LogP contribution in [0.1, 0.15) is 38.2 Å². The van der Waals surface area contributed by atoms with E-state index < -0.39 is 0 Å². The first-order chi connectivity index (χ1) is 9.36. The van der Waals surface area contributed by atoms with Gasteiger partial charge in [-0.15, -0.1) is 0 Å². The van der Waals surface area contributed by atoms with E-state index in [0.717, 1.165) is 18.5 Å². The van der Waals surface area contributed by atoms with Gasteiger partial charge in [-0.3, -0.25) is 0 Å². The predicted octanol–water partition coefficient (Wildman–Crippen LogP) is 3.54. The van der Waals surface area contributed by atoms with E-state index in [0.29, 0.717) is 0 Å². The van der Waals surface area contributed by atoms with Crippen molar-refractivity contribution in [2.45, 2.75) is 45.1 Å². The molecule has 3 rings (SSSR count). The number of hydrogen-bond donors (Lipinski definition) is 1. The highest BCUT2D eigenvalue weighted by Crippen LogP contribution is 2.28. The molecule has 0 amide bonds. The van der Waals surface area contributed by atoms with E-state index in [2.05, 4.69) is 41.4 Å². The fraction of sp³-hybridized carbons (Fsp3) is 0.647. The van der Waals surface area contributed by atoms with E-state index >= 15 is 0 Å². The summed E-state index contributed by atoms with van der Waals surface area (Å²) in [5, 5.41) is 3.61. The molecule has 0 spiro atoms. The monoisotopic (exact) mass is 258 g/mol. The van der Waals surface area contributed by atoms with Crippen LogP contribution in [0.25, 0.3) is 0 Å². The quantitative estimate of drug-likeness (QED) is 0.888. The van der Waals surface area contributed by atoms with Crippen LogP contribution >= 0.6 is 0 Å². The van der Waals surface area contributed by atoms with Gasteiger partial charge < -0.3 is 10.2 Å². The molecule has 1 aliphatic heterocycles. The first kappa shape index (κ1) is 13.0. The van der Waals surface area contributed by atoms with Crippen LogP contribution < -0.4 is 5.32 Å². The molecule has 1 atom stereocenters. The molecule has 1 fully saturated rings. The van der Waals surface area contributed by atoms with Crippen LogP contribution in [0.4, 0.5) is 5.69 Å². The molecular weight excluding hydrogens is 232 g/mol. The Morgan fingerprint density at radius 1 is 1.21 bits per heavy atom. The third-order valence-electron chi connectivity index (χ3n) is 4.85. The lowest BCUT2D eigenvalue weighted by atomic mass is 9.93. The zero-order chi connectivity index (χ0) is 13.1. The highest BCUT2D eigenvalue weighted by molar-refractivity contribution is 5.53. The summed E-state index contributed by atoms with van der Waals surface area (Å²) in [5.41, 5.74) is 2.85. The van der Waals surface area contributed by atoms with Crippen LogP contribution in [0.2, 0.25) is 0 Å². The van der Waals surface area contributed by atoms with Gasteiger partial charge in [0.15, 0.2) is 0 Å². The Labute approximate surface area is 117 Å². The number of hydrogen-bond acceptors (Lipinski definition) is 2. The molecule has 104 valence electrons. The first-order valence-corrected chi connectivity index (χ1v) is 7.92. The Kier molecular flexibility index (Phi) is 4.07. The molecule has 0 aromatic heterocycles. The highest BCUT2D eigenvalue weighted by Gasteiger charge is 2.25. The summed E-state index contributed by atoms with van der Waals surface area (Å²) in [7, 11) is 0. The zero-order valence-electron chi connectivity index (χ0n) is 12.1. The third kappa shape index (κ3) is 2.94. The van der Waals surface area contributed by atoms with Gasteiger partial charge in [-0.05, 0) is 43.4 Å². The van der Waals surface area contributed by atoms with Crippen molar-refractivity contribution in [3.8, 4) is 0 Å². The molecule has 1 aromatic rings. The smallest absolute Gasteiger partial charge is 0.0372 e. The molecule has 2 nitrogen and oxygen atoms in total. The SMILES string of the molecule is CCN(CC1CNc2ccccc2C1)C1CCCC1. The number of para-hydroxylation sites is 1. The largest absolute Gasteiger partial charge is 0.384 e. The third-order valence-corrected chi connectivity index (χ3v) is 4.85. The van der Waals surface area contributed by atoms with Crippen molar-refractivity contribution in [2.24, 2.45) is 5.92 Å². The van der Waals surface area contributed by atoms with Gasteiger partial charge in [0.05, 0.1) is 0 Å². The Bertz CT molecular complexity index is 409. The fourth-order valence-corrected chi connectivity index (χ4v) is 3.77. The van der Waals surface area contributed by atoms with E-state index in [1.54, 1.807) is 0 Å². The summed E-state index contributed by atoms with van der Waals surface area (Å²) in [6, 6.07) is 9.64. The Morgan fingerprint density at radius 3 is 2.79 bits per heavy atom. The van der Waals surface area contributed by atoms with E-state index in [1.165, 1.54) is 56.4 Å². The number of nitrogens with zero attached hydrogens (tertiary/aromatic N) is 1. The van der Waals surface area contributed by atoms with Gasteiger partial charge in [0.25, 0.3) is 0 Å². The van der Waals surface area contributed by atoms with Crippen LogP contribution in [0, 0.1) is 5.92 Å². The predicted molar refractivity (Wildman–Crippen MR) is 81.6 cm³/mol. The maximum Gasteiger partial charge on any atom is 0.0372 e. The topological polar surface area (TPSA) is 15.3 Å². The summed E-state index contributed by atoms with van der Waals surface area (Å²) < 4.78 is 0. The van der Waals surface area contributed by atoms with Crippen molar-refractivity contribution in [3.63, 3.8) is 0 Å². The number of fused-ring (bicyclic) bond motifs is 1. The van der Waals surface area contributed by atoms with Gasteiger partial charge in [0, 0.05) is 24.8 Å². The molecule has 2 heteroatoms. The number of benzene rings is 1. The van der Waals surface area contributed by atoms with Crippen molar-refractivity contribution in [1.82, 2.24) is 4.90 Å². The van der Waals surface area contributed by atoms with Crippen molar-refractivity contribution < 1.29 is 0 Å². The minimum Gasteiger partial charge on any atom is -0.384 e. The van der Waals surface area contributed by atoms with Crippen LogP contribution in [0.5, 0.6) is 0 Å². The molecule has 1 aliphatic carbocycles. The minimum atomic E-state index is 0.774. The number of rotatable bonds is 4. The molecule has 1 unspecified atom stereocenters. The lowest BCUT2D eigenvalue weighted by Crippen LogP contribution is -2.40. The van der Waals surface area contributed by atoms with Gasteiger partial charge >= 0.3 is 0 Å². The Morgan fingerprint density at radius 2 is 2.00 bits per heavy atom. The van der Waals surface area contributed by atoms with Crippen LogP contribution in [0.15, 0.2) is 24.3 Å². The van der Waals surface area contributed by atoms with Gasteiger partial charge in [-0.1, -0.05) is 38.0 Å². The zero-order valence-corrected chi connectivity index (χ0v) is 12.1. The van der Waals surface area contributed by atoms with Crippen LogP contribution in [0.3, 0.4) is 0 Å². The molecule has 1 aromatic carbocycles. The molecule has 1 N–H and O–H groups in total. The van der Waals surface area contributed by atoms with Crippen molar-refractivity contribution in [3.05, 3.63) is 29.8 Å². The normalized spacial score (nSPS) is 23.4. The number of nitrogens with one attached hydrogen (secondary N) is 1. The van der Waals surface area contributed by atoms with Crippen LogP contribution in [-0.2, 0) is 6.42 Å². The van der Waals surface area contributed by atoms with E-state index in [4.69, 9.17) is 0 Å². The van der Waals surface area contributed by atoms with E-state index in [-0.39, 0.29) is 0 Å². The molecule has 2 aliphatic rings. The summed E-state index contributed by atoms with van der Waals surface area (Å²) in [4.78, 5) is 2.73. The van der Waals surface area contributed by atoms with Gasteiger partial charge in [-0.25, -0.2) is 0 Å². The summed E-state index contributed by atoms with van der Waals surface area (Å²) in [6.45, 7) is 5.94. The number of anilines is 1. The molecular formula is C17H26N2. The second kappa shape index (κ2) is 5.96. The second-order valence-corrected chi connectivity index (χ2v) is 6.13. The molecule has 19 heavy (non-hydrogen) atoms. The Balaban J connectivity index is 1.61. The van der Waals surface area contributed by atoms with E-state index in [9.17, 15) is 0 Å². The Hall–Kier alpha value is -1.02. The highest BCUT2D eigenvalue weighted by atomic mass is 15.2. The van der Waals surface area contributed by atoms with Crippen molar-refractivity contribution in [1.29, 1.82) is 0 Å². The van der Waals surface area contributed by atoms with E-state index in [1.807, 2.05) is 0 Å². The molecule has 1 heterocycles. The second-order valence-electron chi connectivity index (χ2n) is 6.13. The van der Waals surface area contributed by atoms with Crippen molar-refractivity contribution >= 4 is 5.69 Å². The first-order valence-electron chi connectivity index (χ1n) is 7.92. The molecule has 1 saturated carbocycles. The fourth-order valence-electron chi connectivity index (χ4n) is 3.77. The van der Waals surface area contributed by atoms with Crippen LogP contribution in [-0.4, -0.2) is 30.6 Å². The average Bonchev–Trinajstić information content (AvgIpc) is 2.98. The molecule has 0 saturated heterocycles. The lowest BCUT2D eigenvalue weighted by Gasteiger charge is -2.34. The average molecular weight is 258 g/mol. The van der Waals surface area contributed by atoms with Gasteiger partial charge in [-0.2, -0.15) is 0 Å². The lowest BCUT2D eigenvalue weighted by molar-refractivity contribution is 0.178. The maximum absolute atomic E-state index is 3.61. The van der Waals surface area contributed by atoms with Crippen molar-refractivity contribution in [2.75, 3.05) is 25.0 Å². The standard InChI is InChI=1S/C17H26N2/c1-2-19(16-8-4-5-9-16)13-14-11-15-7-3-6-10-17(15)18-12-14/h3,6-7,10,14,16,18H,2,4-5,8-9,11-13H2,1H3. The molecule has 0 bridgehead atoms. The summed E-state index contributed by atoms with van der Waals surface area (Å²) in [6.07, 6.45) is 6.96. The minimum absolute atomic E-state index is 0.774. The van der Waals surface area contributed by atoms with Gasteiger partial charge in [0.2, 0.25) is 0 Å². The molecule has 0 radical (unpaired) electrons. The summed E-state index contributed by atoms with van der Waals surface area (Å²) in [5.74, 6) is 0.774. The maximum atomic E-state index is 3.61. The van der Waals surface area contributed by atoms with Gasteiger partial charge in [0.1, 0.15) is 0 Å².